The lowest BCUT2D eigenvalue weighted by molar-refractivity contribution is -0.129. The zero-order chi connectivity index (χ0) is 12.8. The Balaban J connectivity index is 2.48. The van der Waals surface area contributed by atoms with Crippen LogP contribution in [0.2, 0.25) is 0 Å². The molecule has 0 aliphatic heterocycles. The average Bonchev–Trinajstić information content (AvgIpc) is 2.25. The predicted molar refractivity (Wildman–Crippen MR) is 70.7 cm³/mol. The summed E-state index contributed by atoms with van der Waals surface area (Å²) in [7, 11) is 1.77. The Morgan fingerprint density at radius 2 is 2.24 bits per heavy atom. The number of amides is 1. The average molecular weight is 302 g/mol. The Hall–Kier alpha value is -0.900. The van der Waals surface area contributed by atoms with Crippen LogP contribution >= 0.6 is 15.9 Å². The molecule has 1 amide bonds. The summed E-state index contributed by atoms with van der Waals surface area (Å²) in [4.78, 5) is 13.9. The minimum Gasteiger partial charge on any atom is -0.345 e. The van der Waals surface area contributed by atoms with Gasteiger partial charge in [-0.05, 0) is 24.1 Å². The van der Waals surface area contributed by atoms with Crippen LogP contribution in [0.5, 0.6) is 0 Å². The number of hydrogen-bond donors (Lipinski definition) is 0. The van der Waals surface area contributed by atoms with Gasteiger partial charge in [-0.2, -0.15) is 0 Å². The van der Waals surface area contributed by atoms with E-state index in [1.165, 1.54) is 12.1 Å². The van der Waals surface area contributed by atoms with E-state index in [2.05, 4.69) is 15.9 Å². The van der Waals surface area contributed by atoms with Crippen molar-refractivity contribution in [3.05, 3.63) is 35.6 Å². The largest absolute Gasteiger partial charge is 0.345 e. The van der Waals surface area contributed by atoms with E-state index in [9.17, 15) is 9.18 Å². The Morgan fingerprint density at radius 3 is 2.82 bits per heavy atom. The predicted octanol–water partition coefficient (Wildman–Crippen LogP) is 3.00. The maximum Gasteiger partial charge on any atom is 0.226 e. The molecule has 0 radical (unpaired) electrons. The second-order valence-corrected chi connectivity index (χ2v) is 5.75. The fourth-order valence-electron chi connectivity index (χ4n) is 1.45. The van der Waals surface area contributed by atoms with Crippen molar-refractivity contribution < 1.29 is 9.18 Å². The summed E-state index contributed by atoms with van der Waals surface area (Å²) in [6, 6.07) is 6.17. The normalized spacial score (nSPS) is 12.2. The third-order valence-electron chi connectivity index (χ3n) is 2.53. The van der Waals surface area contributed by atoms with E-state index >= 15 is 0 Å². The summed E-state index contributed by atoms with van der Waals surface area (Å²) in [5.74, 6) is -0.282. The summed E-state index contributed by atoms with van der Waals surface area (Å²) in [5.41, 5.74) is 0.716. The molecule has 4 heteroatoms. The summed E-state index contributed by atoms with van der Waals surface area (Å²) >= 11 is 3.44. The van der Waals surface area contributed by atoms with Crippen LogP contribution in [-0.2, 0) is 11.2 Å². The van der Waals surface area contributed by atoms with E-state index in [0.29, 0.717) is 16.9 Å². The van der Waals surface area contributed by atoms with Crippen LogP contribution in [0.1, 0.15) is 18.9 Å². The maximum absolute atomic E-state index is 12.9. The van der Waals surface area contributed by atoms with E-state index in [0.717, 1.165) is 6.42 Å². The molecule has 1 aromatic rings. The molecule has 0 heterocycles. The van der Waals surface area contributed by atoms with Gasteiger partial charge in [0.05, 0.1) is 6.42 Å². The number of carbonyl (C=O) groups is 1. The summed E-state index contributed by atoms with van der Waals surface area (Å²) < 4.78 is 12.9. The van der Waals surface area contributed by atoms with Gasteiger partial charge < -0.3 is 4.90 Å². The molecule has 0 spiro atoms. The first kappa shape index (κ1) is 14.2. The number of nitrogens with zero attached hydrogens (tertiary/aromatic N) is 1. The number of likely N-dealkylation sites (N-methyl/N-ethyl adjacent to an activating group) is 1. The van der Waals surface area contributed by atoms with E-state index in [1.807, 2.05) is 6.92 Å². The van der Waals surface area contributed by atoms with E-state index in [4.69, 9.17) is 0 Å². The van der Waals surface area contributed by atoms with Crippen molar-refractivity contribution in [2.75, 3.05) is 13.6 Å². The SMILES string of the molecule is CC(Br)CCN(C)C(=O)Cc1cccc(F)c1. The highest BCUT2D eigenvalue weighted by Gasteiger charge is 2.10. The summed E-state index contributed by atoms with van der Waals surface area (Å²) in [6.45, 7) is 2.76. The molecule has 0 bridgehead atoms. The van der Waals surface area contributed by atoms with Crippen molar-refractivity contribution in [1.29, 1.82) is 0 Å². The Labute approximate surface area is 110 Å². The standard InChI is InChI=1S/C13H17BrFNO/c1-10(14)6-7-16(2)13(17)9-11-4-3-5-12(15)8-11/h3-5,8,10H,6-7,9H2,1-2H3. The van der Waals surface area contributed by atoms with Gasteiger partial charge in [0.25, 0.3) is 0 Å². The number of hydrogen-bond acceptors (Lipinski definition) is 1. The molecule has 2 nitrogen and oxygen atoms in total. The number of alkyl halides is 1. The smallest absolute Gasteiger partial charge is 0.226 e. The number of halogens is 2. The molecule has 0 fully saturated rings. The Morgan fingerprint density at radius 1 is 1.53 bits per heavy atom. The van der Waals surface area contributed by atoms with E-state index < -0.39 is 0 Å². The third kappa shape index (κ3) is 5.31. The monoisotopic (exact) mass is 301 g/mol. The Bertz CT molecular complexity index is 381. The zero-order valence-electron chi connectivity index (χ0n) is 10.1. The van der Waals surface area contributed by atoms with Crippen molar-refractivity contribution in [3.63, 3.8) is 0 Å². The van der Waals surface area contributed by atoms with Gasteiger partial charge in [0.15, 0.2) is 0 Å². The lowest BCUT2D eigenvalue weighted by Gasteiger charge is -2.17. The molecule has 1 aromatic carbocycles. The van der Waals surface area contributed by atoms with Gasteiger partial charge in [0.2, 0.25) is 5.91 Å². The van der Waals surface area contributed by atoms with Crippen LogP contribution in [0.15, 0.2) is 24.3 Å². The van der Waals surface area contributed by atoms with Crippen molar-refractivity contribution in [2.24, 2.45) is 0 Å². The lowest BCUT2D eigenvalue weighted by Crippen LogP contribution is -2.30. The fourth-order valence-corrected chi connectivity index (χ4v) is 1.66. The highest BCUT2D eigenvalue weighted by molar-refractivity contribution is 9.09. The van der Waals surface area contributed by atoms with Gasteiger partial charge in [0, 0.05) is 18.4 Å². The minimum absolute atomic E-state index is 0.0174. The molecule has 17 heavy (non-hydrogen) atoms. The topological polar surface area (TPSA) is 20.3 Å². The third-order valence-corrected chi connectivity index (χ3v) is 2.99. The van der Waals surface area contributed by atoms with Gasteiger partial charge >= 0.3 is 0 Å². The number of rotatable bonds is 5. The summed E-state index contributed by atoms with van der Waals surface area (Å²) in [5, 5.41) is 0. The number of benzene rings is 1. The van der Waals surface area contributed by atoms with Crippen molar-refractivity contribution in [3.8, 4) is 0 Å². The highest BCUT2D eigenvalue weighted by atomic mass is 79.9. The molecule has 0 aromatic heterocycles. The maximum atomic E-state index is 12.9. The second-order valence-electron chi connectivity index (χ2n) is 4.19. The molecule has 0 N–H and O–H groups in total. The van der Waals surface area contributed by atoms with Crippen LogP contribution in [0.25, 0.3) is 0 Å². The minimum atomic E-state index is -0.299. The quantitative estimate of drug-likeness (QED) is 0.766. The molecule has 0 aliphatic carbocycles. The Kier molecular flexibility index (Phi) is 5.62. The van der Waals surface area contributed by atoms with Gasteiger partial charge in [-0.25, -0.2) is 4.39 Å². The molecule has 0 saturated heterocycles. The van der Waals surface area contributed by atoms with Gasteiger partial charge in [-0.15, -0.1) is 0 Å². The first-order chi connectivity index (χ1) is 7.99. The fraction of sp³-hybridized carbons (Fsp3) is 0.462. The molecule has 1 atom stereocenters. The molecule has 1 unspecified atom stereocenters. The van der Waals surface area contributed by atoms with Crippen molar-refractivity contribution >= 4 is 21.8 Å². The molecular weight excluding hydrogens is 285 g/mol. The van der Waals surface area contributed by atoms with Crippen LogP contribution in [0.3, 0.4) is 0 Å². The molecular formula is C13H17BrFNO. The van der Waals surface area contributed by atoms with E-state index in [1.54, 1.807) is 24.1 Å². The first-order valence-electron chi connectivity index (χ1n) is 5.61. The van der Waals surface area contributed by atoms with Crippen LogP contribution in [0.4, 0.5) is 4.39 Å². The van der Waals surface area contributed by atoms with Gasteiger partial charge in [-0.1, -0.05) is 35.0 Å². The van der Waals surface area contributed by atoms with Gasteiger partial charge in [-0.3, -0.25) is 4.79 Å². The van der Waals surface area contributed by atoms with Crippen LogP contribution in [-0.4, -0.2) is 29.2 Å². The van der Waals surface area contributed by atoms with Crippen LogP contribution in [0, 0.1) is 5.82 Å². The molecule has 94 valence electrons. The molecule has 0 aliphatic rings. The van der Waals surface area contributed by atoms with Crippen molar-refractivity contribution in [2.45, 2.75) is 24.6 Å². The lowest BCUT2D eigenvalue weighted by atomic mass is 10.1. The van der Waals surface area contributed by atoms with Crippen molar-refractivity contribution in [1.82, 2.24) is 4.90 Å². The van der Waals surface area contributed by atoms with Crippen LogP contribution < -0.4 is 0 Å². The molecule has 0 saturated carbocycles. The molecule has 1 rings (SSSR count). The van der Waals surface area contributed by atoms with Gasteiger partial charge in [0.1, 0.15) is 5.82 Å². The number of carbonyl (C=O) groups excluding carboxylic acids is 1. The highest BCUT2D eigenvalue weighted by Crippen LogP contribution is 2.08. The zero-order valence-corrected chi connectivity index (χ0v) is 11.7. The summed E-state index contributed by atoms with van der Waals surface area (Å²) in [6.07, 6.45) is 1.16. The second kappa shape index (κ2) is 6.74. The van der Waals surface area contributed by atoms with E-state index in [-0.39, 0.29) is 18.1 Å². The first-order valence-corrected chi connectivity index (χ1v) is 6.53.